The van der Waals surface area contributed by atoms with Crippen LogP contribution in [0.3, 0.4) is 0 Å². The molecule has 3 rings (SSSR count). The Morgan fingerprint density at radius 3 is 2.39 bits per heavy atom. The van der Waals surface area contributed by atoms with Crippen molar-refractivity contribution in [1.82, 2.24) is 4.90 Å². The van der Waals surface area contributed by atoms with Crippen LogP contribution >= 0.6 is 0 Å². The van der Waals surface area contributed by atoms with Gasteiger partial charge in [0.05, 0.1) is 17.8 Å². The zero-order chi connectivity index (χ0) is 20.2. The summed E-state index contributed by atoms with van der Waals surface area (Å²) in [4.78, 5) is 26.2. The SMILES string of the molecule is CC(C)(C)OC(=O)C1=CCC2(CCN(C(=O)OCc3ccccc3)CC2)OC1. The molecule has 0 unspecified atom stereocenters. The van der Waals surface area contributed by atoms with Gasteiger partial charge in [-0.1, -0.05) is 36.4 Å². The van der Waals surface area contributed by atoms with E-state index in [0.717, 1.165) is 18.4 Å². The Balaban J connectivity index is 1.47. The smallest absolute Gasteiger partial charge is 0.410 e. The van der Waals surface area contributed by atoms with E-state index in [1.165, 1.54) is 0 Å². The standard InChI is InChI=1S/C22H29NO5/c1-21(2,3)28-19(24)18-9-10-22(27-16-18)11-13-23(14-12-22)20(25)26-15-17-7-5-4-6-8-17/h4-9H,10-16H2,1-3H3. The van der Waals surface area contributed by atoms with E-state index in [-0.39, 0.29) is 30.9 Å². The summed E-state index contributed by atoms with van der Waals surface area (Å²) in [5.41, 5.74) is 0.727. The van der Waals surface area contributed by atoms with Crippen LogP contribution in [0.1, 0.15) is 45.6 Å². The quantitative estimate of drug-likeness (QED) is 0.737. The number of carbonyl (C=O) groups excluding carboxylic acids is 2. The summed E-state index contributed by atoms with van der Waals surface area (Å²) >= 11 is 0. The average molecular weight is 387 g/mol. The maximum absolute atomic E-state index is 12.3. The molecule has 1 saturated heterocycles. The molecule has 28 heavy (non-hydrogen) atoms. The number of nitrogens with zero attached hydrogens (tertiary/aromatic N) is 1. The second kappa shape index (κ2) is 8.35. The molecule has 2 aliphatic heterocycles. The van der Waals surface area contributed by atoms with Crippen molar-refractivity contribution in [3.63, 3.8) is 0 Å². The van der Waals surface area contributed by atoms with Gasteiger partial charge < -0.3 is 19.1 Å². The normalized spacial score (nSPS) is 19.1. The van der Waals surface area contributed by atoms with Gasteiger partial charge in [0, 0.05) is 13.1 Å². The van der Waals surface area contributed by atoms with Crippen molar-refractivity contribution in [1.29, 1.82) is 0 Å². The van der Waals surface area contributed by atoms with E-state index in [1.54, 1.807) is 4.90 Å². The number of amides is 1. The van der Waals surface area contributed by atoms with Gasteiger partial charge >= 0.3 is 12.1 Å². The number of benzene rings is 1. The molecule has 0 aliphatic carbocycles. The maximum Gasteiger partial charge on any atom is 0.410 e. The molecule has 1 aromatic carbocycles. The Labute approximate surface area is 166 Å². The zero-order valence-electron chi connectivity index (χ0n) is 16.9. The lowest BCUT2D eigenvalue weighted by molar-refractivity contribution is -0.152. The van der Waals surface area contributed by atoms with E-state index in [0.29, 0.717) is 25.1 Å². The van der Waals surface area contributed by atoms with Crippen molar-refractivity contribution >= 4 is 12.1 Å². The summed E-state index contributed by atoms with van der Waals surface area (Å²) in [7, 11) is 0. The highest BCUT2D eigenvalue weighted by Crippen LogP contribution is 2.34. The van der Waals surface area contributed by atoms with Crippen LogP contribution in [0.4, 0.5) is 4.79 Å². The number of ether oxygens (including phenoxy) is 3. The van der Waals surface area contributed by atoms with Gasteiger partial charge in [-0.3, -0.25) is 0 Å². The number of hydrogen-bond donors (Lipinski definition) is 0. The van der Waals surface area contributed by atoms with Gasteiger partial charge in [-0.05, 0) is 45.6 Å². The number of rotatable bonds is 3. The van der Waals surface area contributed by atoms with E-state index in [1.807, 2.05) is 57.2 Å². The summed E-state index contributed by atoms with van der Waals surface area (Å²) in [5.74, 6) is -0.315. The third kappa shape index (κ3) is 5.35. The zero-order valence-corrected chi connectivity index (χ0v) is 16.9. The minimum Gasteiger partial charge on any atom is -0.457 e. The lowest BCUT2D eigenvalue weighted by Gasteiger charge is -2.42. The Bertz CT molecular complexity index is 727. The molecule has 1 fully saturated rings. The molecule has 1 amide bonds. The second-order valence-corrected chi connectivity index (χ2v) is 8.43. The van der Waals surface area contributed by atoms with Crippen molar-refractivity contribution in [3.8, 4) is 0 Å². The lowest BCUT2D eigenvalue weighted by atomic mass is 9.85. The molecule has 0 N–H and O–H groups in total. The number of carbonyl (C=O) groups is 2. The number of piperidine rings is 1. The molecule has 2 aliphatic rings. The van der Waals surface area contributed by atoms with Gasteiger partial charge in [0.25, 0.3) is 0 Å². The highest BCUT2D eigenvalue weighted by atomic mass is 16.6. The molecule has 1 aromatic rings. The van der Waals surface area contributed by atoms with Gasteiger partial charge in [-0.2, -0.15) is 0 Å². The molecule has 2 heterocycles. The molecular weight excluding hydrogens is 358 g/mol. The maximum atomic E-state index is 12.3. The summed E-state index contributed by atoms with van der Waals surface area (Å²) in [6.45, 7) is 7.26. The monoisotopic (exact) mass is 387 g/mol. The Morgan fingerprint density at radius 1 is 1.14 bits per heavy atom. The van der Waals surface area contributed by atoms with E-state index in [4.69, 9.17) is 14.2 Å². The lowest BCUT2D eigenvalue weighted by Crippen LogP contribution is -2.49. The van der Waals surface area contributed by atoms with Gasteiger partial charge in [-0.25, -0.2) is 9.59 Å². The first-order chi connectivity index (χ1) is 13.3. The van der Waals surface area contributed by atoms with E-state index >= 15 is 0 Å². The van der Waals surface area contributed by atoms with E-state index in [2.05, 4.69) is 0 Å². The summed E-state index contributed by atoms with van der Waals surface area (Å²) < 4.78 is 16.9. The highest BCUT2D eigenvalue weighted by Gasteiger charge is 2.39. The molecule has 152 valence electrons. The van der Waals surface area contributed by atoms with Gasteiger partial charge in [0.2, 0.25) is 0 Å². The van der Waals surface area contributed by atoms with Crippen LogP contribution in [0, 0.1) is 0 Å². The molecule has 6 heteroatoms. The molecular formula is C22H29NO5. The fraction of sp³-hybridized carbons (Fsp3) is 0.545. The molecule has 1 spiro atoms. The van der Waals surface area contributed by atoms with Crippen LogP contribution in [-0.4, -0.2) is 47.9 Å². The first-order valence-corrected chi connectivity index (χ1v) is 9.78. The fourth-order valence-electron chi connectivity index (χ4n) is 3.40. The van der Waals surface area contributed by atoms with E-state index < -0.39 is 5.60 Å². The predicted octanol–water partition coefficient (Wildman–Crippen LogP) is 3.85. The van der Waals surface area contributed by atoms with Crippen LogP contribution in [0.15, 0.2) is 42.0 Å². The average Bonchev–Trinajstić information content (AvgIpc) is 2.67. The van der Waals surface area contributed by atoms with Crippen molar-refractivity contribution in [3.05, 3.63) is 47.5 Å². The van der Waals surface area contributed by atoms with Gasteiger partial charge in [0.15, 0.2) is 0 Å². The second-order valence-electron chi connectivity index (χ2n) is 8.43. The third-order valence-electron chi connectivity index (χ3n) is 5.05. The summed E-state index contributed by atoms with van der Waals surface area (Å²) in [6.07, 6.45) is 3.76. The summed E-state index contributed by atoms with van der Waals surface area (Å²) in [6, 6.07) is 9.65. The van der Waals surface area contributed by atoms with Crippen molar-refractivity contribution in [2.45, 2.75) is 57.8 Å². The number of esters is 1. The third-order valence-corrected chi connectivity index (χ3v) is 5.05. The first-order valence-electron chi connectivity index (χ1n) is 9.78. The van der Waals surface area contributed by atoms with Crippen LogP contribution in [-0.2, 0) is 25.6 Å². The molecule has 6 nitrogen and oxygen atoms in total. The molecule has 0 bridgehead atoms. The molecule has 0 saturated carbocycles. The first kappa shape index (κ1) is 20.4. The largest absolute Gasteiger partial charge is 0.457 e. The van der Waals surface area contributed by atoms with Crippen molar-refractivity contribution < 1.29 is 23.8 Å². The highest BCUT2D eigenvalue weighted by molar-refractivity contribution is 5.89. The van der Waals surface area contributed by atoms with Crippen LogP contribution in [0.5, 0.6) is 0 Å². The minimum atomic E-state index is -0.515. The molecule has 0 atom stereocenters. The van der Waals surface area contributed by atoms with Crippen LogP contribution < -0.4 is 0 Å². The van der Waals surface area contributed by atoms with Crippen LogP contribution in [0.25, 0.3) is 0 Å². The van der Waals surface area contributed by atoms with E-state index in [9.17, 15) is 9.59 Å². The Morgan fingerprint density at radius 2 is 1.82 bits per heavy atom. The fourth-order valence-corrected chi connectivity index (χ4v) is 3.40. The van der Waals surface area contributed by atoms with Crippen molar-refractivity contribution in [2.75, 3.05) is 19.7 Å². The molecule has 0 aromatic heterocycles. The predicted molar refractivity (Wildman–Crippen MR) is 105 cm³/mol. The minimum absolute atomic E-state index is 0.257. The van der Waals surface area contributed by atoms with Gasteiger partial charge in [-0.15, -0.1) is 0 Å². The Hall–Kier alpha value is -2.34. The van der Waals surface area contributed by atoms with Crippen molar-refractivity contribution in [2.24, 2.45) is 0 Å². The van der Waals surface area contributed by atoms with Gasteiger partial charge in [0.1, 0.15) is 12.2 Å². The van der Waals surface area contributed by atoms with Crippen LogP contribution in [0.2, 0.25) is 0 Å². The Kier molecular flexibility index (Phi) is 6.08. The number of likely N-dealkylation sites (tertiary alicyclic amines) is 1. The topological polar surface area (TPSA) is 65.1 Å². The summed E-state index contributed by atoms with van der Waals surface area (Å²) in [5, 5.41) is 0. The molecule has 0 radical (unpaired) electrons. The number of hydrogen-bond acceptors (Lipinski definition) is 5.